The Balaban J connectivity index is 2.15. The zero-order valence-electron chi connectivity index (χ0n) is 14.4. The summed E-state index contributed by atoms with van der Waals surface area (Å²) in [7, 11) is 1.97. The molecule has 0 saturated heterocycles. The standard InChI is InChI=1S/C19H26Cl2N2O/c1-3-7-14(12-22-2)19(10-4-5-11-19)13-23-18(24)15-8-6-9-16(20)17(15)21/h6-9,22H,3-5,10-13H2,1-2H3,(H,23,24). The molecular formula is C19H26Cl2N2O. The molecule has 5 heteroatoms. The molecule has 132 valence electrons. The minimum atomic E-state index is -0.158. The van der Waals surface area contributed by atoms with Crippen LogP contribution in [0.2, 0.25) is 10.0 Å². The van der Waals surface area contributed by atoms with E-state index in [1.54, 1.807) is 18.2 Å². The fraction of sp³-hybridized carbons (Fsp3) is 0.526. The third-order valence-electron chi connectivity index (χ3n) is 4.84. The van der Waals surface area contributed by atoms with Crippen LogP contribution in [0.15, 0.2) is 29.8 Å². The molecule has 0 bridgehead atoms. The lowest BCUT2D eigenvalue weighted by Gasteiger charge is -2.33. The Morgan fingerprint density at radius 3 is 2.62 bits per heavy atom. The van der Waals surface area contributed by atoms with Crippen LogP contribution in [0.25, 0.3) is 0 Å². The van der Waals surface area contributed by atoms with Gasteiger partial charge in [0.15, 0.2) is 0 Å². The van der Waals surface area contributed by atoms with E-state index in [0.29, 0.717) is 22.2 Å². The molecular weight excluding hydrogens is 343 g/mol. The van der Waals surface area contributed by atoms with Crippen LogP contribution in [-0.2, 0) is 0 Å². The van der Waals surface area contributed by atoms with Crippen LogP contribution in [0.1, 0.15) is 49.4 Å². The molecule has 1 aliphatic rings. The van der Waals surface area contributed by atoms with Gasteiger partial charge < -0.3 is 10.6 Å². The summed E-state index contributed by atoms with van der Waals surface area (Å²) in [5, 5.41) is 7.09. The molecule has 0 aliphatic heterocycles. The van der Waals surface area contributed by atoms with Crippen molar-refractivity contribution in [3.8, 4) is 0 Å². The van der Waals surface area contributed by atoms with Crippen molar-refractivity contribution in [2.24, 2.45) is 5.41 Å². The average Bonchev–Trinajstić information content (AvgIpc) is 3.05. The zero-order valence-corrected chi connectivity index (χ0v) is 15.9. The van der Waals surface area contributed by atoms with Crippen LogP contribution in [-0.4, -0.2) is 26.0 Å². The van der Waals surface area contributed by atoms with E-state index in [2.05, 4.69) is 23.6 Å². The number of halogens is 2. The quantitative estimate of drug-likeness (QED) is 0.676. The SMILES string of the molecule is CCC=C(CNC)C1(CNC(=O)c2cccc(Cl)c2Cl)CCCC1. The number of likely N-dealkylation sites (N-methyl/N-ethyl adjacent to an activating group) is 1. The molecule has 2 N–H and O–H groups in total. The van der Waals surface area contributed by atoms with Crippen molar-refractivity contribution in [2.75, 3.05) is 20.1 Å². The number of carbonyl (C=O) groups is 1. The normalized spacial score (nSPS) is 17.1. The lowest BCUT2D eigenvalue weighted by Crippen LogP contribution is -2.39. The summed E-state index contributed by atoms with van der Waals surface area (Å²) in [6, 6.07) is 5.15. The predicted molar refractivity (Wildman–Crippen MR) is 102 cm³/mol. The van der Waals surface area contributed by atoms with E-state index in [0.717, 1.165) is 25.8 Å². The second-order valence-corrected chi connectivity index (χ2v) is 7.22. The third kappa shape index (κ3) is 4.33. The molecule has 1 aromatic rings. The molecule has 1 saturated carbocycles. The van der Waals surface area contributed by atoms with Crippen molar-refractivity contribution in [3.05, 3.63) is 45.5 Å². The first-order valence-corrected chi connectivity index (χ1v) is 9.36. The fourth-order valence-electron chi connectivity index (χ4n) is 3.60. The smallest absolute Gasteiger partial charge is 0.252 e. The summed E-state index contributed by atoms with van der Waals surface area (Å²) >= 11 is 12.2. The first kappa shape index (κ1) is 19.3. The van der Waals surface area contributed by atoms with Crippen LogP contribution in [0.3, 0.4) is 0 Å². The van der Waals surface area contributed by atoms with E-state index in [-0.39, 0.29) is 11.3 Å². The van der Waals surface area contributed by atoms with Crippen molar-refractivity contribution in [1.29, 1.82) is 0 Å². The van der Waals surface area contributed by atoms with Gasteiger partial charge in [0.05, 0.1) is 15.6 Å². The van der Waals surface area contributed by atoms with Crippen LogP contribution in [0.5, 0.6) is 0 Å². The number of carbonyl (C=O) groups excluding carboxylic acids is 1. The van der Waals surface area contributed by atoms with Gasteiger partial charge in [-0.2, -0.15) is 0 Å². The highest BCUT2D eigenvalue weighted by molar-refractivity contribution is 6.43. The third-order valence-corrected chi connectivity index (χ3v) is 5.66. The van der Waals surface area contributed by atoms with E-state index in [1.807, 2.05) is 7.05 Å². The van der Waals surface area contributed by atoms with Crippen molar-refractivity contribution in [2.45, 2.75) is 39.0 Å². The van der Waals surface area contributed by atoms with Crippen molar-refractivity contribution in [3.63, 3.8) is 0 Å². The number of allylic oxidation sites excluding steroid dienone is 1. The van der Waals surface area contributed by atoms with Gasteiger partial charge in [0.1, 0.15) is 0 Å². The summed E-state index contributed by atoms with van der Waals surface area (Å²) in [6.07, 6.45) is 7.96. The van der Waals surface area contributed by atoms with Gasteiger partial charge in [-0.05, 0) is 38.4 Å². The second kappa shape index (κ2) is 8.89. The maximum Gasteiger partial charge on any atom is 0.252 e. The van der Waals surface area contributed by atoms with Crippen molar-refractivity contribution >= 4 is 29.1 Å². The monoisotopic (exact) mass is 368 g/mol. The van der Waals surface area contributed by atoms with E-state index >= 15 is 0 Å². The van der Waals surface area contributed by atoms with Crippen molar-refractivity contribution < 1.29 is 4.79 Å². The molecule has 1 aromatic carbocycles. The first-order valence-electron chi connectivity index (χ1n) is 8.60. The Morgan fingerprint density at radius 2 is 2.00 bits per heavy atom. The predicted octanol–water partition coefficient (Wildman–Crippen LogP) is 4.84. The topological polar surface area (TPSA) is 41.1 Å². The molecule has 3 nitrogen and oxygen atoms in total. The van der Waals surface area contributed by atoms with Gasteiger partial charge in [-0.3, -0.25) is 4.79 Å². The van der Waals surface area contributed by atoms with E-state index in [1.165, 1.54) is 18.4 Å². The van der Waals surface area contributed by atoms with Gasteiger partial charge in [-0.25, -0.2) is 0 Å². The number of benzene rings is 1. The highest BCUT2D eigenvalue weighted by atomic mass is 35.5. The average molecular weight is 369 g/mol. The highest BCUT2D eigenvalue weighted by Crippen LogP contribution is 2.43. The van der Waals surface area contributed by atoms with Gasteiger partial charge in [0, 0.05) is 18.5 Å². The number of hydrogen-bond donors (Lipinski definition) is 2. The maximum atomic E-state index is 12.6. The van der Waals surface area contributed by atoms with Gasteiger partial charge in [-0.15, -0.1) is 0 Å². The van der Waals surface area contributed by atoms with Crippen LogP contribution < -0.4 is 10.6 Å². The van der Waals surface area contributed by atoms with E-state index in [9.17, 15) is 4.79 Å². The summed E-state index contributed by atoms with van der Waals surface area (Å²) in [5.41, 5.74) is 1.90. The minimum absolute atomic E-state index is 0.0553. The molecule has 1 aliphatic carbocycles. The van der Waals surface area contributed by atoms with Crippen LogP contribution >= 0.6 is 23.2 Å². The molecule has 1 fully saturated rings. The Bertz CT molecular complexity index is 607. The Labute approximate surface area is 154 Å². The fourth-order valence-corrected chi connectivity index (χ4v) is 3.99. The Morgan fingerprint density at radius 1 is 1.29 bits per heavy atom. The van der Waals surface area contributed by atoms with Gasteiger partial charge in [0.2, 0.25) is 0 Å². The molecule has 0 unspecified atom stereocenters. The maximum absolute atomic E-state index is 12.6. The van der Waals surface area contributed by atoms with Crippen LogP contribution in [0.4, 0.5) is 0 Å². The summed E-state index contributed by atoms with van der Waals surface area (Å²) in [6.45, 7) is 3.66. The zero-order chi connectivity index (χ0) is 17.6. The second-order valence-electron chi connectivity index (χ2n) is 6.44. The molecule has 1 amide bonds. The van der Waals surface area contributed by atoms with Crippen molar-refractivity contribution in [1.82, 2.24) is 10.6 Å². The molecule has 0 heterocycles. The molecule has 24 heavy (non-hydrogen) atoms. The van der Waals surface area contributed by atoms with Gasteiger partial charge >= 0.3 is 0 Å². The summed E-state index contributed by atoms with van der Waals surface area (Å²) in [5.74, 6) is -0.158. The molecule has 2 rings (SSSR count). The first-order chi connectivity index (χ1) is 11.5. The minimum Gasteiger partial charge on any atom is -0.351 e. The Hall–Kier alpha value is -1.03. The van der Waals surface area contributed by atoms with E-state index < -0.39 is 0 Å². The summed E-state index contributed by atoms with van der Waals surface area (Å²) in [4.78, 5) is 12.6. The molecule has 0 spiro atoms. The number of amides is 1. The van der Waals surface area contributed by atoms with Crippen LogP contribution in [0, 0.1) is 5.41 Å². The largest absolute Gasteiger partial charge is 0.351 e. The Kier molecular flexibility index (Phi) is 7.15. The lowest BCUT2D eigenvalue weighted by molar-refractivity contribution is 0.0937. The lowest BCUT2D eigenvalue weighted by atomic mass is 9.77. The number of nitrogens with one attached hydrogen (secondary N) is 2. The number of rotatable bonds is 7. The molecule has 0 atom stereocenters. The van der Waals surface area contributed by atoms with Gasteiger partial charge in [-0.1, -0.05) is 60.7 Å². The molecule has 0 aromatic heterocycles. The molecule has 0 radical (unpaired) electrons. The van der Waals surface area contributed by atoms with Gasteiger partial charge in [0.25, 0.3) is 5.91 Å². The highest BCUT2D eigenvalue weighted by Gasteiger charge is 2.37. The van der Waals surface area contributed by atoms with E-state index in [4.69, 9.17) is 23.2 Å². The summed E-state index contributed by atoms with van der Waals surface area (Å²) < 4.78 is 0. The number of hydrogen-bond acceptors (Lipinski definition) is 2.